The zero-order valence-corrected chi connectivity index (χ0v) is 7.59. The minimum absolute atomic E-state index is 0.898. The van der Waals surface area contributed by atoms with Crippen LogP contribution in [0.25, 0.3) is 0 Å². The molecule has 0 aromatic carbocycles. The summed E-state index contributed by atoms with van der Waals surface area (Å²) in [6, 6.07) is 0. The van der Waals surface area contributed by atoms with E-state index in [2.05, 4.69) is 24.3 Å². The summed E-state index contributed by atoms with van der Waals surface area (Å²) in [6.07, 6.45) is 13.4. The zero-order valence-electron chi connectivity index (χ0n) is 7.59. The van der Waals surface area contributed by atoms with Crippen LogP contribution in [0.2, 0.25) is 0 Å². The van der Waals surface area contributed by atoms with E-state index in [-0.39, 0.29) is 0 Å². The Morgan fingerprint density at radius 2 is 1.36 bits per heavy atom. The zero-order chi connectivity index (χ0) is 8.10. The molecule has 2 aliphatic rings. The second-order valence-electron chi connectivity index (χ2n) is 3.03. The molecule has 2 unspecified atom stereocenters. The molecule has 62 valence electrons. The number of fused-ring (bicyclic) bond motifs is 1. The molecule has 0 aromatic rings. The van der Waals surface area contributed by atoms with Crippen LogP contribution in [0, 0.1) is 11.8 Å². The van der Waals surface area contributed by atoms with Crippen LogP contribution >= 0.6 is 0 Å². The van der Waals surface area contributed by atoms with Crippen molar-refractivity contribution in [2.45, 2.75) is 33.1 Å². The Morgan fingerprint density at radius 3 is 1.82 bits per heavy atom. The molecule has 0 radical (unpaired) electrons. The van der Waals surface area contributed by atoms with Crippen molar-refractivity contribution in [2.24, 2.45) is 11.8 Å². The van der Waals surface area contributed by atoms with Gasteiger partial charge in [-0.25, -0.2) is 0 Å². The van der Waals surface area contributed by atoms with E-state index in [4.69, 9.17) is 0 Å². The molecule has 0 heterocycles. The quantitative estimate of drug-likeness (QED) is 0.495. The van der Waals surface area contributed by atoms with Crippen molar-refractivity contribution in [1.82, 2.24) is 0 Å². The molecule has 0 saturated heterocycles. The summed E-state index contributed by atoms with van der Waals surface area (Å²) in [5.74, 6) is 1.80. The van der Waals surface area contributed by atoms with E-state index >= 15 is 0 Å². The molecule has 0 aliphatic heterocycles. The van der Waals surface area contributed by atoms with Gasteiger partial charge in [-0.05, 0) is 24.7 Å². The van der Waals surface area contributed by atoms with E-state index in [0.29, 0.717) is 0 Å². The fraction of sp³-hybridized carbons (Fsp3) is 0.636. The third kappa shape index (κ3) is 1.95. The van der Waals surface area contributed by atoms with Crippen LogP contribution in [-0.2, 0) is 0 Å². The molecule has 1 saturated carbocycles. The topological polar surface area (TPSA) is 0 Å². The van der Waals surface area contributed by atoms with Crippen LogP contribution < -0.4 is 0 Å². The van der Waals surface area contributed by atoms with E-state index in [1.54, 1.807) is 0 Å². The monoisotopic (exact) mass is 150 g/mol. The van der Waals surface area contributed by atoms with E-state index in [1.807, 2.05) is 13.8 Å². The first-order valence-electron chi connectivity index (χ1n) is 4.82. The number of rotatable bonds is 0. The van der Waals surface area contributed by atoms with E-state index in [0.717, 1.165) is 11.8 Å². The Labute approximate surface area is 70.0 Å². The summed E-state index contributed by atoms with van der Waals surface area (Å²) >= 11 is 0. The van der Waals surface area contributed by atoms with Crippen LogP contribution in [0.1, 0.15) is 33.1 Å². The van der Waals surface area contributed by atoms with Gasteiger partial charge in [0.1, 0.15) is 0 Å². The SMILES string of the molecule is C1=CC2CCCC2C=C1.CC. The van der Waals surface area contributed by atoms with Gasteiger partial charge in [-0.15, -0.1) is 0 Å². The predicted molar refractivity (Wildman–Crippen MR) is 50.5 cm³/mol. The Balaban J connectivity index is 0.000000281. The van der Waals surface area contributed by atoms with Crippen LogP contribution in [0.4, 0.5) is 0 Å². The average molecular weight is 150 g/mol. The van der Waals surface area contributed by atoms with E-state index in [9.17, 15) is 0 Å². The highest BCUT2D eigenvalue weighted by molar-refractivity contribution is 5.15. The van der Waals surface area contributed by atoms with Gasteiger partial charge in [0.05, 0.1) is 0 Å². The molecule has 2 atom stereocenters. The predicted octanol–water partition coefficient (Wildman–Crippen LogP) is 3.55. The lowest BCUT2D eigenvalue weighted by molar-refractivity contribution is 0.552. The van der Waals surface area contributed by atoms with Crippen molar-refractivity contribution >= 4 is 0 Å². The van der Waals surface area contributed by atoms with Crippen LogP contribution in [-0.4, -0.2) is 0 Å². The lowest BCUT2D eigenvalue weighted by atomic mass is 9.92. The summed E-state index contributed by atoms with van der Waals surface area (Å²) in [7, 11) is 0. The highest BCUT2D eigenvalue weighted by Gasteiger charge is 2.23. The molecule has 2 aliphatic carbocycles. The van der Waals surface area contributed by atoms with Crippen molar-refractivity contribution in [3.05, 3.63) is 24.3 Å². The molecule has 0 spiro atoms. The van der Waals surface area contributed by atoms with Gasteiger partial charge in [-0.3, -0.25) is 0 Å². The molecular weight excluding hydrogens is 132 g/mol. The third-order valence-corrected chi connectivity index (χ3v) is 2.45. The van der Waals surface area contributed by atoms with Gasteiger partial charge < -0.3 is 0 Å². The molecule has 1 fully saturated rings. The molecule has 0 aromatic heterocycles. The van der Waals surface area contributed by atoms with Crippen LogP contribution in [0.5, 0.6) is 0 Å². The third-order valence-electron chi connectivity index (χ3n) is 2.45. The molecule has 2 rings (SSSR count). The fourth-order valence-corrected chi connectivity index (χ4v) is 1.91. The lowest BCUT2D eigenvalue weighted by Gasteiger charge is -2.13. The number of hydrogen-bond donors (Lipinski definition) is 0. The fourth-order valence-electron chi connectivity index (χ4n) is 1.91. The second kappa shape index (κ2) is 4.38. The van der Waals surface area contributed by atoms with Gasteiger partial charge in [0.2, 0.25) is 0 Å². The maximum Gasteiger partial charge on any atom is -0.0167 e. The molecule has 0 amide bonds. The first-order chi connectivity index (χ1) is 5.47. The maximum absolute atomic E-state index is 2.36. The summed E-state index contributed by atoms with van der Waals surface area (Å²) in [6.45, 7) is 4.00. The highest BCUT2D eigenvalue weighted by atomic mass is 14.3. The second-order valence-corrected chi connectivity index (χ2v) is 3.03. The van der Waals surface area contributed by atoms with Crippen molar-refractivity contribution in [3.8, 4) is 0 Å². The minimum atomic E-state index is 0.898. The van der Waals surface area contributed by atoms with E-state index < -0.39 is 0 Å². The Hall–Kier alpha value is -0.520. The molecule has 0 nitrogen and oxygen atoms in total. The van der Waals surface area contributed by atoms with Gasteiger partial charge in [-0.1, -0.05) is 44.6 Å². The minimum Gasteiger partial charge on any atom is -0.0808 e. The average Bonchev–Trinajstić information content (AvgIpc) is 2.55. The van der Waals surface area contributed by atoms with Crippen molar-refractivity contribution < 1.29 is 0 Å². The van der Waals surface area contributed by atoms with Gasteiger partial charge in [0.15, 0.2) is 0 Å². The molecule has 0 bridgehead atoms. The maximum atomic E-state index is 2.36. The van der Waals surface area contributed by atoms with Gasteiger partial charge in [-0.2, -0.15) is 0 Å². The summed E-state index contributed by atoms with van der Waals surface area (Å²) in [5.41, 5.74) is 0. The Morgan fingerprint density at radius 1 is 0.909 bits per heavy atom. The first kappa shape index (κ1) is 8.58. The van der Waals surface area contributed by atoms with Crippen molar-refractivity contribution in [3.63, 3.8) is 0 Å². The standard InChI is InChI=1S/C9H12.C2H6/c1-2-5-9-7-3-6-8(9)4-1;1-2/h1-2,4-5,8-9H,3,6-7H2;1-2H3. The van der Waals surface area contributed by atoms with Crippen LogP contribution in [0.15, 0.2) is 24.3 Å². The highest BCUT2D eigenvalue weighted by Crippen LogP contribution is 2.35. The van der Waals surface area contributed by atoms with Gasteiger partial charge >= 0.3 is 0 Å². The largest absolute Gasteiger partial charge is 0.0808 e. The van der Waals surface area contributed by atoms with Gasteiger partial charge in [0, 0.05) is 0 Å². The number of allylic oxidation sites excluding steroid dienone is 4. The Bertz CT molecular complexity index is 135. The molecular formula is C11H18. The summed E-state index contributed by atoms with van der Waals surface area (Å²) in [4.78, 5) is 0. The van der Waals surface area contributed by atoms with Crippen molar-refractivity contribution in [1.29, 1.82) is 0 Å². The first-order valence-corrected chi connectivity index (χ1v) is 4.82. The molecule has 0 N–H and O–H groups in total. The summed E-state index contributed by atoms with van der Waals surface area (Å²) in [5, 5.41) is 0. The normalized spacial score (nSPS) is 32.5. The molecule has 0 heteroatoms. The van der Waals surface area contributed by atoms with Gasteiger partial charge in [0.25, 0.3) is 0 Å². The smallest absolute Gasteiger partial charge is 0.0167 e. The summed E-state index contributed by atoms with van der Waals surface area (Å²) < 4.78 is 0. The van der Waals surface area contributed by atoms with Crippen molar-refractivity contribution in [2.75, 3.05) is 0 Å². The lowest BCUT2D eigenvalue weighted by Crippen LogP contribution is -2.03. The Kier molecular flexibility index (Phi) is 3.41. The molecule has 11 heavy (non-hydrogen) atoms. The van der Waals surface area contributed by atoms with E-state index in [1.165, 1.54) is 19.3 Å². The van der Waals surface area contributed by atoms with Crippen LogP contribution in [0.3, 0.4) is 0 Å². The number of hydrogen-bond acceptors (Lipinski definition) is 0.